The molecule has 1 atom stereocenters. The molecule has 1 aliphatic heterocycles. The molecule has 0 spiro atoms. The Hall–Kier alpha value is -1.41. The van der Waals surface area contributed by atoms with Crippen molar-refractivity contribution in [3.63, 3.8) is 0 Å². The molecule has 0 radical (unpaired) electrons. The highest BCUT2D eigenvalue weighted by Crippen LogP contribution is 2.24. The Labute approximate surface area is 112 Å². The van der Waals surface area contributed by atoms with Gasteiger partial charge in [-0.3, -0.25) is 5.41 Å². The summed E-state index contributed by atoms with van der Waals surface area (Å²) in [6.07, 6.45) is 4.26. The third kappa shape index (κ3) is 2.64. The van der Waals surface area contributed by atoms with E-state index in [0.29, 0.717) is 25.2 Å². The van der Waals surface area contributed by atoms with Gasteiger partial charge in [0.25, 0.3) is 10.0 Å². The molecule has 1 fully saturated rings. The second kappa shape index (κ2) is 5.30. The van der Waals surface area contributed by atoms with Crippen molar-refractivity contribution in [2.24, 2.45) is 5.73 Å². The van der Waals surface area contributed by atoms with Crippen LogP contribution in [0.5, 0.6) is 0 Å². The fraction of sp³-hybridized carbons (Fsp3) is 0.636. The van der Waals surface area contributed by atoms with Crippen LogP contribution in [0.3, 0.4) is 0 Å². The van der Waals surface area contributed by atoms with Crippen LogP contribution in [0.4, 0.5) is 0 Å². The van der Waals surface area contributed by atoms with Crippen LogP contribution in [-0.2, 0) is 16.4 Å². The molecule has 1 aromatic heterocycles. The molecule has 8 heteroatoms. The average Bonchev–Trinajstić information content (AvgIpc) is 2.88. The van der Waals surface area contributed by atoms with Crippen LogP contribution in [-0.4, -0.2) is 41.1 Å². The first kappa shape index (κ1) is 14.0. The number of aromatic amines is 1. The standard InChI is InChI=1S/C11H19N5O2S/c1-2-9-14-7-10(15-9)19(17,18)16-6-4-3-5-8(16)11(12)13/h7-8H,2-6H2,1H3,(H3,12,13)(H,14,15). The van der Waals surface area contributed by atoms with Gasteiger partial charge < -0.3 is 10.7 Å². The van der Waals surface area contributed by atoms with Crippen molar-refractivity contribution in [3.05, 3.63) is 12.0 Å². The summed E-state index contributed by atoms with van der Waals surface area (Å²) in [5.41, 5.74) is 5.52. The largest absolute Gasteiger partial charge is 0.386 e. The topological polar surface area (TPSA) is 116 Å². The maximum atomic E-state index is 12.5. The highest BCUT2D eigenvalue weighted by molar-refractivity contribution is 7.89. The number of nitrogens with two attached hydrogens (primary N) is 1. The monoisotopic (exact) mass is 285 g/mol. The van der Waals surface area contributed by atoms with Gasteiger partial charge in [0, 0.05) is 13.0 Å². The number of aromatic nitrogens is 2. The Morgan fingerprint density at radius 1 is 1.63 bits per heavy atom. The van der Waals surface area contributed by atoms with Gasteiger partial charge in [0.2, 0.25) is 0 Å². The molecule has 0 aliphatic carbocycles. The van der Waals surface area contributed by atoms with E-state index in [2.05, 4.69) is 9.97 Å². The zero-order valence-corrected chi connectivity index (χ0v) is 11.7. The number of H-pyrrole nitrogens is 1. The summed E-state index contributed by atoms with van der Waals surface area (Å²) in [4.78, 5) is 6.83. The maximum absolute atomic E-state index is 12.5. The second-order valence-electron chi connectivity index (χ2n) is 4.63. The highest BCUT2D eigenvalue weighted by atomic mass is 32.2. The molecule has 0 aromatic carbocycles. The lowest BCUT2D eigenvalue weighted by atomic mass is 10.0. The summed E-state index contributed by atoms with van der Waals surface area (Å²) in [7, 11) is -3.65. The van der Waals surface area contributed by atoms with Crippen molar-refractivity contribution in [1.82, 2.24) is 14.3 Å². The van der Waals surface area contributed by atoms with Crippen molar-refractivity contribution in [2.45, 2.75) is 43.7 Å². The van der Waals surface area contributed by atoms with E-state index >= 15 is 0 Å². The second-order valence-corrected chi connectivity index (χ2v) is 6.49. The fourth-order valence-electron chi connectivity index (χ4n) is 2.28. The first-order valence-corrected chi connectivity index (χ1v) is 7.80. The number of hydrogen-bond acceptors (Lipinski definition) is 4. The number of piperidine rings is 1. The lowest BCUT2D eigenvalue weighted by Crippen LogP contribution is -2.50. The third-order valence-electron chi connectivity index (χ3n) is 3.34. The van der Waals surface area contributed by atoms with E-state index in [9.17, 15) is 8.42 Å². The smallest absolute Gasteiger partial charge is 0.260 e. The number of nitrogens with one attached hydrogen (secondary N) is 2. The molecule has 2 rings (SSSR count). The molecule has 1 aromatic rings. The fourth-order valence-corrected chi connectivity index (χ4v) is 3.89. The summed E-state index contributed by atoms with van der Waals surface area (Å²) < 4.78 is 26.4. The minimum absolute atomic E-state index is 0.0810. The number of hydrogen-bond donors (Lipinski definition) is 3. The Balaban J connectivity index is 2.34. The molecule has 106 valence electrons. The average molecular weight is 285 g/mol. The highest BCUT2D eigenvalue weighted by Gasteiger charge is 2.36. The number of sulfonamides is 1. The van der Waals surface area contributed by atoms with Crippen LogP contribution in [0.1, 0.15) is 32.0 Å². The number of imidazole rings is 1. The van der Waals surface area contributed by atoms with Crippen molar-refractivity contribution in [2.75, 3.05) is 6.54 Å². The maximum Gasteiger partial charge on any atom is 0.260 e. The molecule has 0 saturated carbocycles. The van der Waals surface area contributed by atoms with Crippen LogP contribution < -0.4 is 5.73 Å². The van der Waals surface area contributed by atoms with Crippen molar-refractivity contribution in [1.29, 1.82) is 5.41 Å². The number of aryl methyl sites for hydroxylation is 1. The molecule has 0 bridgehead atoms. The summed E-state index contributed by atoms with van der Waals surface area (Å²) in [5.74, 6) is 0.536. The van der Waals surface area contributed by atoms with Crippen LogP contribution in [0, 0.1) is 5.41 Å². The van der Waals surface area contributed by atoms with Crippen LogP contribution in [0.2, 0.25) is 0 Å². The Morgan fingerprint density at radius 3 is 2.95 bits per heavy atom. The van der Waals surface area contributed by atoms with Gasteiger partial charge in [0.1, 0.15) is 11.7 Å². The minimum atomic E-state index is -3.65. The Morgan fingerprint density at radius 2 is 2.37 bits per heavy atom. The first-order valence-electron chi connectivity index (χ1n) is 6.36. The van der Waals surface area contributed by atoms with Crippen LogP contribution >= 0.6 is 0 Å². The van der Waals surface area contributed by atoms with Crippen LogP contribution in [0.15, 0.2) is 11.2 Å². The predicted octanol–water partition coefficient (Wildman–Crippen LogP) is 0.451. The first-order chi connectivity index (χ1) is 8.96. The van der Waals surface area contributed by atoms with E-state index in [0.717, 1.165) is 12.8 Å². The van der Waals surface area contributed by atoms with E-state index in [1.54, 1.807) is 0 Å². The molecule has 19 heavy (non-hydrogen) atoms. The molecule has 1 saturated heterocycles. The van der Waals surface area contributed by atoms with Crippen LogP contribution in [0.25, 0.3) is 0 Å². The quantitative estimate of drug-likeness (QED) is 0.550. The van der Waals surface area contributed by atoms with Crippen molar-refractivity contribution < 1.29 is 8.42 Å². The molecule has 0 amide bonds. The van der Waals surface area contributed by atoms with Gasteiger partial charge in [0.05, 0.1) is 12.2 Å². The van der Waals surface area contributed by atoms with Crippen molar-refractivity contribution >= 4 is 15.9 Å². The van der Waals surface area contributed by atoms with Gasteiger partial charge >= 0.3 is 0 Å². The normalized spacial score (nSPS) is 21.4. The molecule has 7 nitrogen and oxygen atoms in total. The minimum Gasteiger partial charge on any atom is -0.386 e. The number of amidine groups is 1. The van der Waals surface area contributed by atoms with Gasteiger partial charge in [-0.25, -0.2) is 13.4 Å². The molecule has 1 aliphatic rings. The zero-order valence-electron chi connectivity index (χ0n) is 10.9. The lowest BCUT2D eigenvalue weighted by Gasteiger charge is -2.33. The van der Waals surface area contributed by atoms with Gasteiger partial charge in [-0.15, -0.1) is 0 Å². The summed E-state index contributed by atoms with van der Waals surface area (Å²) in [6.45, 7) is 2.29. The molecule has 2 heterocycles. The van der Waals surface area contributed by atoms with Crippen molar-refractivity contribution in [3.8, 4) is 0 Å². The summed E-state index contributed by atoms with van der Waals surface area (Å²) in [5, 5.41) is 7.63. The van der Waals surface area contributed by atoms with Gasteiger partial charge in [-0.05, 0) is 12.8 Å². The third-order valence-corrected chi connectivity index (χ3v) is 5.16. The molecular formula is C11H19N5O2S. The summed E-state index contributed by atoms with van der Waals surface area (Å²) >= 11 is 0. The van der Waals surface area contributed by atoms with E-state index < -0.39 is 16.1 Å². The van der Waals surface area contributed by atoms with E-state index in [-0.39, 0.29) is 10.9 Å². The van der Waals surface area contributed by atoms with Gasteiger partial charge in [-0.1, -0.05) is 13.3 Å². The van der Waals surface area contributed by atoms with Gasteiger partial charge in [-0.2, -0.15) is 4.31 Å². The Kier molecular flexibility index (Phi) is 3.91. The zero-order chi connectivity index (χ0) is 14.0. The van der Waals surface area contributed by atoms with E-state index in [1.807, 2.05) is 6.92 Å². The Bertz CT molecular complexity index is 565. The SMILES string of the molecule is CCc1ncc(S(=O)(=O)N2CCCCC2C(=N)N)[nH]1. The van der Waals surface area contributed by atoms with E-state index in [1.165, 1.54) is 10.5 Å². The molecular weight excluding hydrogens is 266 g/mol. The van der Waals surface area contributed by atoms with Gasteiger partial charge in [0.15, 0.2) is 5.03 Å². The number of nitrogens with zero attached hydrogens (tertiary/aromatic N) is 2. The number of rotatable bonds is 4. The van der Waals surface area contributed by atoms with E-state index in [4.69, 9.17) is 11.1 Å². The molecule has 4 N–H and O–H groups in total. The molecule has 1 unspecified atom stereocenters. The predicted molar refractivity (Wildman–Crippen MR) is 71.4 cm³/mol. The lowest BCUT2D eigenvalue weighted by molar-refractivity contribution is 0.303. The summed E-state index contributed by atoms with van der Waals surface area (Å²) in [6, 6.07) is -0.535.